The lowest BCUT2D eigenvalue weighted by Crippen LogP contribution is -2.55. The number of pyridine rings is 1. The van der Waals surface area contributed by atoms with Gasteiger partial charge in [-0.15, -0.1) is 0 Å². The van der Waals surface area contributed by atoms with E-state index in [1.807, 2.05) is 37.0 Å². The summed E-state index contributed by atoms with van der Waals surface area (Å²) in [6, 6.07) is 5.35. The highest BCUT2D eigenvalue weighted by molar-refractivity contribution is 5.98. The zero-order valence-electron chi connectivity index (χ0n) is 25.4. The van der Waals surface area contributed by atoms with Gasteiger partial charge in [0.05, 0.1) is 56.0 Å². The number of nitrogens with zero attached hydrogens (tertiary/aromatic N) is 4. The van der Waals surface area contributed by atoms with Gasteiger partial charge in [-0.3, -0.25) is 14.6 Å². The minimum absolute atomic E-state index is 0.122. The fourth-order valence-electron chi connectivity index (χ4n) is 5.86. The van der Waals surface area contributed by atoms with E-state index in [2.05, 4.69) is 4.98 Å². The van der Waals surface area contributed by atoms with Crippen molar-refractivity contribution < 1.29 is 33.3 Å². The van der Waals surface area contributed by atoms with E-state index in [4.69, 9.17) is 34.5 Å². The average molecular weight is 602 g/mol. The molecule has 0 radical (unpaired) electrons. The summed E-state index contributed by atoms with van der Waals surface area (Å²) in [6.07, 6.45) is 7.22. The Bertz CT molecular complexity index is 1710. The van der Waals surface area contributed by atoms with Crippen LogP contribution in [0, 0.1) is 0 Å². The van der Waals surface area contributed by atoms with Crippen molar-refractivity contribution >= 4 is 17.5 Å². The Balaban J connectivity index is 1.58. The molecule has 6 rings (SSSR count). The van der Waals surface area contributed by atoms with Crippen molar-refractivity contribution in [3.63, 3.8) is 0 Å². The lowest BCUT2D eigenvalue weighted by atomic mass is 9.95. The highest BCUT2D eigenvalue weighted by atomic mass is 16.5. The molecule has 1 fully saturated rings. The Morgan fingerprint density at radius 1 is 1.09 bits per heavy atom. The number of morpholine rings is 1. The highest BCUT2D eigenvalue weighted by Crippen LogP contribution is 2.46. The number of carbonyl (C=O) groups excluding carboxylic acids is 2. The van der Waals surface area contributed by atoms with Gasteiger partial charge in [-0.25, -0.2) is 4.68 Å². The van der Waals surface area contributed by atoms with Gasteiger partial charge in [-0.05, 0) is 32.1 Å². The first kappa shape index (κ1) is 29.4. The van der Waals surface area contributed by atoms with Crippen molar-refractivity contribution in [2.24, 2.45) is 5.73 Å². The molecule has 2 amide bonds. The molecule has 1 unspecified atom stereocenters. The number of primary amides is 1. The number of hydrogen-bond donors (Lipinski definition) is 1. The number of amides is 2. The van der Waals surface area contributed by atoms with Gasteiger partial charge in [0.1, 0.15) is 23.9 Å². The fraction of sp³-hybridized carbons (Fsp3) is 0.375. The van der Waals surface area contributed by atoms with Crippen LogP contribution in [-0.4, -0.2) is 84.2 Å². The summed E-state index contributed by atoms with van der Waals surface area (Å²) in [5.41, 5.74) is 9.60. The van der Waals surface area contributed by atoms with Gasteiger partial charge in [-0.1, -0.05) is 0 Å². The van der Waals surface area contributed by atoms with Crippen LogP contribution in [0.2, 0.25) is 0 Å². The second-order valence-corrected chi connectivity index (χ2v) is 11.5. The molecule has 0 saturated carbocycles. The van der Waals surface area contributed by atoms with E-state index in [1.165, 1.54) is 6.20 Å². The maximum atomic E-state index is 14.2. The Morgan fingerprint density at radius 3 is 2.61 bits per heavy atom. The monoisotopic (exact) mass is 601 g/mol. The summed E-state index contributed by atoms with van der Waals surface area (Å²) >= 11 is 0. The van der Waals surface area contributed by atoms with Crippen LogP contribution >= 0.6 is 0 Å². The molecule has 0 bridgehead atoms. The highest BCUT2D eigenvalue weighted by Gasteiger charge is 2.39. The van der Waals surface area contributed by atoms with Crippen LogP contribution < -0.4 is 15.2 Å². The summed E-state index contributed by atoms with van der Waals surface area (Å²) in [5, 5.41) is 4.95. The maximum absolute atomic E-state index is 14.2. The molecular formula is C32H35N5O7. The minimum Gasteiger partial charge on any atom is -0.501 e. The Hall–Kier alpha value is -4.68. The first-order valence-electron chi connectivity index (χ1n) is 14.3. The molecule has 1 aliphatic carbocycles. The number of ether oxygens (including phenoxy) is 5. The third-order valence-corrected chi connectivity index (χ3v) is 8.22. The van der Waals surface area contributed by atoms with Crippen LogP contribution in [0.25, 0.3) is 28.1 Å². The van der Waals surface area contributed by atoms with Crippen molar-refractivity contribution in [3.8, 4) is 33.9 Å². The molecule has 0 spiro atoms. The van der Waals surface area contributed by atoms with E-state index in [0.717, 1.165) is 5.76 Å². The normalized spacial score (nSPS) is 18.8. The number of carbonyl (C=O) groups is 2. The topological polar surface area (TPSA) is 140 Å². The van der Waals surface area contributed by atoms with E-state index in [9.17, 15) is 9.59 Å². The second kappa shape index (κ2) is 11.4. The van der Waals surface area contributed by atoms with Crippen LogP contribution in [-0.2, 0) is 20.8 Å². The lowest BCUT2D eigenvalue weighted by Gasteiger charge is -2.41. The van der Waals surface area contributed by atoms with Crippen LogP contribution in [0.3, 0.4) is 0 Å². The van der Waals surface area contributed by atoms with E-state index in [1.54, 1.807) is 44.3 Å². The van der Waals surface area contributed by atoms with Crippen LogP contribution in [0.1, 0.15) is 46.7 Å². The van der Waals surface area contributed by atoms with Gasteiger partial charge in [0, 0.05) is 66.9 Å². The molecule has 230 valence electrons. The summed E-state index contributed by atoms with van der Waals surface area (Å²) in [6.45, 7) is 5.39. The standard InChI is InChI=1S/C32H35N5O7/c1-32(2)17-43-7-6-36(32)31(39)28-25-16-44-27-13-26(42-5)23(18-8-19(30(33)38)15-34-14-18)12-24(27)29(25)37(35-28)20-9-21(40-3)11-22(10-20)41-4/h8-10,12-15,21H,6-7,11,16-17H2,1-5H3,(H2,33,38). The largest absolute Gasteiger partial charge is 0.501 e. The molecule has 2 aliphatic heterocycles. The number of fused-ring (bicyclic) bond motifs is 3. The lowest BCUT2D eigenvalue weighted by molar-refractivity contribution is -0.0374. The Kier molecular flexibility index (Phi) is 7.64. The molecule has 12 heteroatoms. The smallest absolute Gasteiger partial charge is 0.275 e. The zero-order chi connectivity index (χ0) is 31.2. The van der Waals surface area contributed by atoms with Gasteiger partial charge >= 0.3 is 0 Å². The molecule has 1 aromatic carbocycles. The molecule has 3 aliphatic rings. The third-order valence-electron chi connectivity index (χ3n) is 8.22. The van der Waals surface area contributed by atoms with Crippen LogP contribution in [0.5, 0.6) is 11.5 Å². The first-order valence-corrected chi connectivity index (χ1v) is 14.3. The molecule has 2 aromatic heterocycles. The third kappa shape index (κ3) is 5.09. The molecular weight excluding hydrogens is 566 g/mol. The number of hydrogen-bond acceptors (Lipinski definition) is 9. The van der Waals surface area contributed by atoms with Crippen molar-refractivity contribution in [2.45, 2.75) is 38.5 Å². The number of aromatic nitrogens is 3. The van der Waals surface area contributed by atoms with Gasteiger partial charge in [0.15, 0.2) is 5.69 Å². The van der Waals surface area contributed by atoms with E-state index in [0.29, 0.717) is 77.0 Å². The number of benzene rings is 1. The summed E-state index contributed by atoms with van der Waals surface area (Å²) in [7, 11) is 4.82. The minimum atomic E-state index is -0.591. The van der Waals surface area contributed by atoms with Crippen LogP contribution in [0.4, 0.5) is 0 Å². The Labute approximate surface area is 255 Å². The Morgan fingerprint density at radius 2 is 1.91 bits per heavy atom. The fourth-order valence-corrected chi connectivity index (χ4v) is 5.86. The van der Waals surface area contributed by atoms with Crippen LogP contribution in [0.15, 0.2) is 48.5 Å². The second-order valence-electron chi connectivity index (χ2n) is 11.5. The van der Waals surface area contributed by atoms with Crippen molar-refractivity contribution in [3.05, 3.63) is 65.3 Å². The zero-order valence-corrected chi connectivity index (χ0v) is 25.4. The van der Waals surface area contributed by atoms with Gasteiger partial charge < -0.3 is 34.3 Å². The molecule has 2 N–H and O–H groups in total. The van der Waals surface area contributed by atoms with E-state index >= 15 is 0 Å². The van der Waals surface area contributed by atoms with Gasteiger partial charge in [0.25, 0.3) is 5.91 Å². The van der Waals surface area contributed by atoms with Crippen molar-refractivity contribution in [2.75, 3.05) is 41.1 Å². The van der Waals surface area contributed by atoms with Crippen molar-refractivity contribution in [1.29, 1.82) is 0 Å². The summed E-state index contributed by atoms with van der Waals surface area (Å²) in [5.74, 6) is 0.998. The first-order chi connectivity index (χ1) is 21.1. The predicted octanol–water partition coefficient (Wildman–Crippen LogP) is 3.65. The van der Waals surface area contributed by atoms with Gasteiger partial charge in [0.2, 0.25) is 5.91 Å². The molecule has 44 heavy (non-hydrogen) atoms. The average Bonchev–Trinajstić information content (AvgIpc) is 3.43. The number of allylic oxidation sites excluding steroid dienone is 2. The number of methoxy groups -OCH3 is 3. The van der Waals surface area contributed by atoms with Gasteiger partial charge in [-0.2, -0.15) is 5.10 Å². The summed E-state index contributed by atoms with van der Waals surface area (Å²) in [4.78, 5) is 32.2. The van der Waals surface area contributed by atoms with Crippen molar-refractivity contribution in [1.82, 2.24) is 19.7 Å². The summed E-state index contributed by atoms with van der Waals surface area (Å²) < 4.78 is 30.7. The number of nitrogens with two attached hydrogens (primary N) is 1. The van der Waals surface area contributed by atoms with E-state index in [-0.39, 0.29) is 24.2 Å². The number of rotatable bonds is 7. The molecule has 12 nitrogen and oxygen atoms in total. The molecule has 3 aromatic rings. The SMILES string of the molecule is COC1=CC(n2nc(C(=O)N3CCOCC3(C)C)c3c2-c2cc(-c4cncc(C(N)=O)c4)c(OC)cc2OC3)=CC(OC)C1. The molecule has 1 saturated heterocycles. The quantitative estimate of drug-likeness (QED) is 0.430. The molecule has 4 heterocycles. The molecule has 1 atom stereocenters. The van der Waals surface area contributed by atoms with E-state index < -0.39 is 11.4 Å². The predicted molar refractivity (Wildman–Crippen MR) is 161 cm³/mol. The maximum Gasteiger partial charge on any atom is 0.275 e.